The van der Waals surface area contributed by atoms with Gasteiger partial charge in [0.2, 0.25) is 0 Å². The van der Waals surface area contributed by atoms with Gasteiger partial charge >= 0.3 is 0 Å². The molecule has 102 valence electrons. The average Bonchev–Trinajstić information content (AvgIpc) is 2.83. The predicted octanol–water partition coefficient (Wildman–Crippen LogP) is 5.84. The smallest absolute Gasteiger partial charge is 0.0219 e. The molecule has 0 atom stereocenters. The van der Waals surface area contributed by atoms with E-state index in [1.165, 1.54) is 32.3 Å². The summed E-state index contributed by atoms with van der Waals surface area (Å²) >= 11 is 3.76. The standard InChI is InChI=1S/C19H19Br/c1-19(2,3)16-10-15-9-14(11-17(15)18(20)12-16)13-7-5-4-6-8-13/h4-10,12H,11H2,1-3H3. The molecule has 0 saturated carbocycles. The van der Waals surface area contributed by atoms with Gasteiger partial charge in [-0.15, -0.1) is 0 Å². The van der Waals surface area contributed by atoms with Crippen molar-refractivity contribution in [2.24, 2.45) is 0 Å². The second kappa shape index (κ2) is 4.89. The highest BCUT2D eigenvalue weighted by Crippen LogP contribution is 2.38. The zero-order valence-corrected chi connectivity index (χ0v) is 13.8. The van der Waals surface area contributed by atoms with Gasteiger partial charge in [-0.3, -0.25) is 0 Å². The number of halogens is 1. The fraction of sp³-hybridized carbons (Fsp3) is 0.263. The van der Waals surface area contributed by atoms with Gasteiger partial charge in [0.05, 0.1) is 0 Å². The topological polar surface area (TPSA) is 0 Å². The van der Waals surface area contributed by atoms with Crippen molar-refractivity contribution in [3.05, 3.63) is 69.2 Å². The van der Waals surface area contributed by atoms with Crippen molar-refractivity contribution in [3.63, 3.8) is 0 Å². The number of benzene rings is 2. The minimum atomic E-state index is 0.181. The molecule has 0 radical (unpaired) electrons. The molecule has 0 aliphatic heterocycles. The van der Waals surface area contributed by atoms with Crippen LogP contribution in [0.25, 0.3) is 11.6 Å². The van der Waals surface area contributed by atoms with Crippen molar-refractivity contribution < 1.29 is 0 Å². The summed E-state index contributed by atoms with van der Waals surface area (Å²) < 4.78 is 1.24. The molecule has 0 amide bonds. The van der Waals surface area contributed by atoms with Crippen LogP contribution in [-0.2, 0) is 11.8 Å². The molecule has 1 aliphatic carbocycles. The van der Waals surface area contributed by atoms with Crippen LogP contribution in [0.2, 0.25) is 0 Å². The molecule has 0 fully saturated rings. The van der Waals surface area contributed by atoms with Crippen LogP contribution in [0.1, 0.15) is 43.0 Å². The van der Waals surface area contributed by atoms with Gasteiger partial charge in [0, 0.05) is 4.47 Å². The maximum Gasteiger partial charge on any atom is 0.0219 e. The lowest BCUT2D eigenvalue weighted by Gasteiger charge is -2.20. The summed E-state index contributed by atoms with van der Waals surface area (Å²) in [5, 5.41) is 0. The lowest BCUT2D eigenvalue weighted by atomic mass is 9.85. The lowest BCUT2D eigenvalue weighted by Crippen LogP contribution is -2.11. The van der Waals surface area contributed by atoms with Crippen LogP contribution in [0.5, 0.6) is 0 Å². The van der Waals surface area contributed by atoms with Gasteiger partial charge in [-0.1, -0.05) is 79.2 Å². The number of rotatable bonds is 1. The molecule has 0 N–H and O–H groups in total. The molecule has 1 heteroatoms. The summed E-state index contributed by atoms with van der Waals surface area (Å²) in [6.07, 6.45) is 3.36. The molecule has 0 spiro atoms. The third-order valence-corrected chi connectivity index (χ3v) is 4.65. The Bertz CT molecular complexity index is 673. The molecule has 2 aromatic carbocycles. The Kier molecular flexibility index (Phi) is 3.33. The quantitative estimate of drug-likeness (QED) is 0.617. The van der Waals surface area contributed by atoms with Crippen LogP contribution in [0.3, 0.4) is 0 Å². The lowest BCUT2D eigenvalue weighted by molar-refractivity contribution is 0.589. The molecule has 0 nitrogen and oxygen atoms in total. The molecule has 3 rings (SSSR count). The molecule has 0 saturated heterocycles. The second-order valence-electron chi connectivity index (χ2n) is 6.49. The van der Waals surface area contributed by atoms with Gasteiger partial charge < -0.3 is 0 Å². The van der Waals surface area contributed by atoms with E-state index in [0.29, 0.717) is 0 Å². The third-order valence-electron chi connectivity index (χ3n) is 3.94. The van der Waals surface area contributed by atoms with E-state index in [2.05, 4.69) is 85.2 Å². The summed E-state index contributed by atoms with van der Waals surface area (Å²) in [6.45, 7) is 6.79. The summed E-state index contributed by atoms with van der Waals surface area (Å²) in [4.78, 5) is 0. The highest BCUT2D eigenvalue weighted by Gasteiger charge is 2.21. The van der Waals surface area contributed by atoms with E-state index in [1.54, 1.807) is 0 Å². The van der Waals surface area contributed by atoms with E-state index in [4.69, 9.17) is 0 Å². The average molecular weight is 327 g/mol. The summed E-state index contributed by atoms with van der Waals surface area (Å²) in [5.74, 6) is 0. The fourth-order valence-electron chi connectivity index (χ4n) is 2.67. The van der Waals surface area contributed by atoms with Crippen molar-refractivity contribution >= 4 is 27.6 Å². The highest BCUT2D eigenvalue weighted by atomic mass is 79.9. The molecule has 0 aromatic heterocycles. The second-order valence-corrected chi connectivity index (χ2v) is 7.34. The van der Waals surface area contributed by atoms with Gasteiger partial charge in [-0.2, -0.15) is 0 Å². The van der Waals surface area contributed by atoms with E-state index < -0.39 is 0 Å². The molecule has 0 unspecified atom stereocenters. The third kappa shape index (κ3) is 2.47. The van der Waals surface area contributed by atoms with Crippen LogP contribution in [0, 0.1) is 0 Å². The zero-order valence-electron chi connectivity index (χ0n) is 12.2. The monoisotopic (exact) mass is 326 g/mol. The Morgan fingerprint density at radius 1 is 1.00 bits per heavy atom. The van der Waals surface area contributed by atoms with Crippen LogP contribution < -0.4 is 0 Å². The van der Waals surface area contributed by atoms with E-state index in [0.717, 1.165) is 6.42 Å². The summed E-state index contributed by atoms with van der Waals surface area (Å²) in [5.41, 5.74) is 7.08. The largest absolute Gasteiger partial charge is 0.0622 e. The van der Waals surface area contributed by atoms with Crippen molar-refractivity contribution in [2.45, 2.75) is 32.6 Å². The van der Waals surface area contributed by atoms with E-state index in [9.17, 15) is 0 Å². The highest BCUT2D eigenvalue weighted by molar-refractivity contribution is 9.10. The Balaban J connectivity index is 2.05. The fourth-order valence-corrected chi connectivity index (χ4v) is 3.29. The molecule has 20 heavy (non-hydrogen) atoms. The first-order valence-electron chi connectivity index (χ1n) is 7.04. The van der Waals surface area contributed by atoms with Gasteiger partial charge in [0.1, 0.15) is 0 Å². The van der Waals surface area contributed by atoms with Crippen molar-refractivity contribution in [3.8, 4) is 0 Å². The first kappa shape index (κ1) is 13.6. The summed E-state index contributed by atoms with van der Waals surface area (Å²) in [7, 11) is 0. The Hall–Kier alpha value is -1.34. The maximum absolute atomic E-state index is 3.76. The van der Waals surface area contributed by atoms with Crippen molar-refractivity contribution in [1.82, 2.24) is 0 Å². The van der Waals surface area contributed by atoms with Crippen molar-refractivity contribution in [2.75, 3.05) is 0 Å². The van der Waals surface area contributed by atoms with Crippen LogP contribution >= 0.6 is 15.9 Å². The first-order chi connectivity index (χ1) is 9.45. The normalized spacial score (nSPS) is 14.1. The molecule has 0 heterocycles. The number of hydrogen-bond donors (Lipinski definition) is 0. The first-order valence-corrected chi connectivity index (χ1v) is 7.83. The van der Waals surface area contributed by atoms with Gasteiger partial charge in [0.25, 0.3) is 0 Å². The van der Waals surface area contributed by atoms with Crippen LogP contribution in [0.4, 0.5) is 0 Å². The Labute approximate surface area is 129 Å². The van der Waals surface area contributed by atoms with E-state index in [1.807, 2.05) is 0 Å². The number of allylic oxidation sites excluding steroid dienone is 1. The van der Waals surface area contributed by atoms with Crippen LogP contribution in [0.15, 0.2) is 46.9 Å². The summed E-state index contributed by atoms with van der Waals surface area (Å²) in [6, 6.07) is 15.3. The van der Waals surface area contributed by atoms with E-state index in [-0.39, 0.29) is 5.41 Å². The Morgan fingerprint density at radius 3 is 2.35 bits per heavy atom. The molecule has 1 aliphatic rings. The zero-order chi connectivity index (χ0) is 14.3. The maximum atomic E-state index is 3.76. The van der Waals surface area contributed by atoms with E-state index >= 15 is 0 Å². The Morgan fingerprint density at radius 2 is 1.70 bits per heavy atom. The van der Waals surface area contributed by atoms with Crippen LogP contribution in [-0.4, -0.2) is 0 Å². The van der Waals surface area contributed by atoms with Gasteiger partial charge in [-0.25, -0.2) is 0 Å². The molecular formula is C19H19Br. The SMILES string of the molecule is CC(C)(C)c1cc(Br)c2c(c1)C=C(c1ccccc1)C2. The number of hydrogen-bond acceptors (Lipinski definition) is 0. The minimum absolute atomic E-state index is 0.181. The van der Waals surface area contributed by atoms with Gasteiger partial charge in [-0.05, 0) is 45.7 Å². The molecule has 2 aromatic rings. The van der Waals surface area contributed by atoms with Gasteiger partial charge in [0.15, 0.2) is 0 Å². The number of fused-ring (bicyclic) bond motifs is 1. The van der Waals surface area contributed by atoms with Crippen molar-refractivity contribution in [1.29, 1.82) is 0 Å². The molecule has 0 bridgehead atoms. The molecular weight excluding hydrogens is 308 g/mol. The predicted molar refractivity (Wildman–Crippen MR) is 90.9 cm³/mol. The minimum Gasteiger partial charge on any atom is -0.0622 e.